The van der Waals surface area contributed by atoms with Crippen LogP contribution in [0.5, 0.6) is 0 Å². The summed E-state index contributed by atoms with van der Waals surface area (Å²) in [5, 5.41) is 2.90. The van der Waals surface area contributed by atoms with Gasteiger partial charge >= 0.3 is 0 Å². The first-order valence-corrected chi connectivity index (χ1v) is 8.17. The summed E-state index contributed by atoms with van der Waals surface area (Å²) < 4.78 is 13.8. The lowest BCUT2D eigenvalue weighted by Crippen LogP contribution is -2.26. The second kappa shape index (κ2) is 5.90. The first-order chi connectivity index (χ1) is 11.3. The lowest BCUT2D eigenvalue weighted by atomic mass is 9.61. The predicted octanol–water partition coefficient (Wildman–Crippen LogP) is 5.43. The SMILES string of the molecule is CC(=O)Nc1ccccc1C1=C(c2cc(F)ccc2C)C(C)(C)C1. The summed E-state index contributed by atoms with van der Waals surface area (Å²) in [5.74, 6) is -0.314. The van der Waals surface area contributed by atoms with Crippen molar-refractivity contribution < 1.29 is 9.18 Å². The van der Waals surface area contributed by atoms with Gasteiger partial charge in [-0.3, -0.25) is 4.79 Å². The monoisotopic (exact) mass is 323 g/mol. The van der Waals surface area contributed by atoms with Gasteiger partial charge in [0.1, 0.15) is 5.82 Å². The van der Waals surface area contributed by atoms with Gasteiger partial charge < -0.3 is 5.32 Å². The summed E-state index contributed by atoms with van der Waals surface area (Å²) in [6, 6.07) is 12.7. The number of halogens is 1. The first-order valence-electron chi connectivity index (χ1n) is 8.17. The van der Waals surface area contributed by atoms with E-state index in [1.54, 1.807) is 6.07 Å². The number of rotatable bonds is 3. The molecule has 1 aliphatic carbocycles. The third-order valence-electron chi connectivity index (χ3n) is 4.63. The van der Waals surface area contributed by atoms with E-state index in [1.807, 2.05) is 37.3 Å². The van der Waals surface area contributed by atoms with Gasteiger partial charge in [0.25, 0.3) is 0 Å². The number of hydrogen-bond donors (Lipinski definition) is 1. The number of aryl methyl sites for hydroxylation is 1. The Labute approximate surface area is 142 Å². The van der Waals surface area contributed by atoms with Gasteiger partial charge in [-0.1, -0.05) is 38.1 Å². The van der Waals surface area contributed by atoms with E-state index in [0.717, 1.165) is 34.4 Å². The summed E-state index contributed by atoms with van der Waals surface area (Å²) in [7, 11) is 0. The van der Waals surface area contributed by atoms with Crippen molar-refractivity contribution >= 4 is 22.7 Å². The van der Waals surface area contributed by atoms with Crippen LogP contribution in [-0.2, 0) is 4.79 Å². The van der Waals surface area contributed by atoms with Crippen molar-refractivity contribution in [2.75, 3.05) is 5.32 Å². The first kappa shape index (κ1) is 16.4. The van der Waals surface area contributed by atoms with E-state index in [2.05, 4.69) is 19.2 Å². The van der Waals surface area contributed by atoms with E-state index in [-0.39, 0.29) is 17.1 Å². The predicted molar refractivity (Wildman–Crippen MR) is 97.1 cm³/mol. The van der Waals surface area contributed by atoms with Crippen LogP contribution in [0.15, 0.2) is 42.5 Å². The molecule has 3 rings (SSSR count). The highest BCUT2D eigenvalue weighted by Crippen LogP contribution is 2.57. The van der Waals surface area contributed by atoms with Crippen molar-refractivity contribution in [2.24, 2.45) is 5.41 Å². The summed E-state index contributed by atoms with van der Waals surface area (Å²) in [6.45, 7) is 7.87. The lowest BCUT2D eigenvalue weighted by Gasteiger charge is -2.42. The van der Waals surface area contributed by atoms with Crippen LogP contribution < -0.4 is 5.32 Å². The standard InChI is InChI=1S/C21H22FNO/c1-13-9-10-15(22)11-17(13)20-18(12-21(20,3)4)16-7-5-6-8-19(16)23-14(2)24/h5-11H,12H2,1-4H3,(H,23,24). The van der Waals surface area contributed by atoms with Crippen LogP contribution in [0.25, 0.3) is 11.1 Å². The zero-order valence-electron chi connectivity index (χ0n) is 14.5. The minimum absolute atomic E-state index is 0.0166. The van der Waals surface area contributed by atoms with Crippen LogP contribution in [0, 0.1) is 18.2 Å². The maximum Gasteiger partial charge on any atom is 0.221 e. The molecule has 2 nitrogen and oxygen atoms in total. The third kappa shape index (κ3) is 2.86. The van der Waals surface area contributed by atoms with Crippen molar-refractivity contribution in [1.82, 2.24) is 0 Å². The molecule has 2 aromatic carbocycles. The van der Waals surface area contributed by atoms with Gasteiger partial charge in [-0.25, -0.2) is 4.39 Å². The van der Waals surface area contributed by atoms with Crippen LogP contribution in [-0.4, -0.2) is 5.91 Å². The third-order valence-corrected chi connectivity index (χ3v) is 4.63. The van der Waals surface area contributed by atoms with Gasteiger partial charge in [0.15, 0.2) is 0 Å². The van der Waals surface area contributed by atoms with Gasteiger partial charge in [-0.05, 0) is 59.2 Å². The Balaban J connectivity index is 2.20. The lowest BCUT2D eigenvalue weighted by molar-refractivity contribution is -0.114. The number of nitrogens with one attached hydrogen (secondary N) is 1. The largest absolute Gasteiger partial charge is 0.326 e. The summed E-state index contributed by atoms with van der Waals surface area (Å²) in [4.78, 5) is 11.5. The molecule has 24 heavy (non-hydrogen) atoms. The molecule has 1 aliphatic rings. The molecule has 1 N–H and O–H groups in total. The minimum atomic E-state index is -0.222. The highest BCUT2D eigenvalue weighted by Gasteiger charge is 2.39. The Kier molecular flexibility index (Phi) is 4.04. The summed E-state index contributed by atoms with van der Waals surface area (Å²) in [5.41, 5.74) is 6.17. The van der Waals surface area contributed by atoms with Crippen molar-refractivity contribution in [3.63, 3.8) is 0 Å². The smallest absolute Gasteiger partial charge is 0.221 e. The number of amides is 1. The van der Waals surface area contributed by atoms with E-state index in [1.165, 1.54) is 18.6 Å². The van der Waals surface area contributed by atoms with Crippen LogP contribution in [0.3, 0.4) is 0 Å². The molecule has 0 radical (unpaired) electrons. The topological polar surface area (TPSA) is 29.1 Å². The molecule has 1 amide bonds. The molecule has 0 saturated heterocycles. The van der Waals surface area contributed by atoms with Crippen LogP contribution in [0.1, 0.15) is 43.9 Å². The highest BCUT2D eigenvalue weighted by molar-refractivity contribution is 6.04. The van der Waals surface area contributed by atoms with Crippen LogP contribution in [0.4, 0.5) is 10.1 Å². The Morgan fingerprint density at radius 1 is 1.12 bits per heavy atom. The number of para-hydroxylation sites is 1. The molecular formula is C21H22FNO. The molecule has 0 aliphatic heterocycles. The molecule has 3 heteroatoms. The zero-order valence-corrected chi connectivity index (χ0v) is 14.5. The van der Waals surface area contributed by atoms with Gasteiger partial charge in [0, 0.05) is 18.2 Å². The zero-order chi connectivity index (χ0) is 17.5. The molecule has 0 bridgehead atoms. The molecule has 0 atom stereocenters. The van der Waals surface area contributed by atoms with E-state index in [9.17, 15) is 9.18 Å². The van der Waals surface area contributed by atoms with E-state index < -0.39 is 0 Å². The molecule has 2 aromatic rings. The average molecular weight is 323 g/mol. The Morgan fingerprint density at radius 3 is 2.50 bits per heavy atom. The maximum atomic E-state index is 13.8. The number of allylic oxidation sites excluding steroid dienone is 2. The van der Waals surface area contributed by atoms with Crippen molar-refractivity contribution in [3.05, 3.63) is 65.0 Å². The fourth-order valence-corrected chi connectivity index (χ4v) is 3.59. The molecule has 0 aromatic heterocycles. The van der Waals surface area contributed by atoms with Gasteiger partial charge in [0.05, 0.1) is 0 Å². The Hall–Kier alpha value is -2.42. The number of hydrogen-bond acceptors (Lipinski definition) is 1. The van der Waals surface area contributed by atoms with Gasteiger partial charge in [-0.2, -0.15) is 0 Å². The molecular weight excluding hydrogens is 301 g/mol. The number of anilines is 1. The van der Waals surface area contributed by atoms with E-state index >= 15 is 0 Å². The quantitative estimate of drug-likeness (QED) is 0.801. The Morgan fingerprint density at radius 2 is 1.83 bits per heavy atom. The second-order valence-corrected chi connectivity index (χ2v) is 7.10. The summed E-state index contributed by atoms with van der Waals surface area (Å²) >= 11 is 0. The van der Waals surface area contributed by atoms with Gasteiger partial charge in [-0.15, -0.1) is 0 Å². The molecule has 0 heterocycles. The van der Waals surface area contributed by atoms with E-state index in [0.29, 0.717) is 0 Å². The van der Waals surface area contributed by atoms with Crippen LogP contribution in [0.2, 0.25) is 0 Å². The van der Waals surface area contributed by atoms with Crippen LogP contribution >= 0.6 is 0 Å². The van der Waals surface area contributed by atoms with Crippen molar-refractivity contribution in [2.45, 2.75) is 34.1 Å². The average Bonchev–Trinajstić information content (AvgIpc) is 2.49. The van der Waals surface area contributed by atoms with Crippen molar-refractivity contribution in [1.29, 1.82) is 0 Å². The normalized spacial score (nSPS) is 15.9. The molecule has 0 unspecified atom stereocenters. The maximum absolute atomic E-state index is 13.8. The molecule has 124 valence electrons. The fraction of sp³-hybridized carbons (Fsp3) is 0.286. The second-order valence-electron chi connectivity index (χ2n) is 7.10. The number of carbonyl (C=O) groups excluding carboxylic acids is 1. The number of carbonyl (C=O) groups is 1. The Bertz CT molecular complexity index is 849. The minimum Gasteiger partial charge on any atom is -0.326 e. The van der Waals surface area contributed by atoms with Gasteiger partial charge in [0.2, 0.25) is 5.91 Å². The molecule has 0 fully saturated rings. The van der Waals surface area contributed by atoms with E-state index in [4.69, 9.17) is 0 Å². The molecule has 0 saturated carbocycles. The van der Waals surface area contributed by atoms with Crippen molar-refractivity contribution in [3.8, 4) is 0 Å². The summed E-state index contributed by atoms with van der Waals surface area (Å²) in [6.07, 6.45) is 0.898. The number of benzene rings is 2. The highest BCUT2D eigenvalue weighted by atomic mass is 19.1. The molecule has 0 spiro atoms. The fourth-order valence-electron chi connectivity index (χ4n) is 3.59.